The van der Waals surface area contributed by atoms with Gasteiger partial charge in [-0.15, -0.1) is 0 Å². The van der Waals surface area contributed by atoms with Gasteiger partial charge in [-0.1, -0.05) is 31.5 Å². The number of H-pyrrole nitrogens is 1. The number of anilines is 1. The Hall–Kier alpha value is -2.59. The van der Waals surface area contributed by atoms with Crippen LogP contribution in [0.1, 0.15) is 37.3 Å². The summed E-state index contributed by atoms with van der Waals surface area (Å²) in [5.41, 5.74) is 2.79. The van der Waals surface area contributed by atoms with Crippen LogP contribution < -0.4 is 14.8 Å². The van der Waals surface area contributed by atoms with Crippen molar-refractivity contribution >= 4 is 27.3 Å². The number of imidazole rings is 1. The minimum atomic E-state index is -3.47. The normalized spacial score (nSPS) is 12.7. The van der Waals surface area contributed by atoms with Gasteiger partial charge in [-0.2, -0.15) is 0 Å². The first-order valence-electron chi connectivity index (χ1n) is 10.6. The molecule has 0 radical (unpaired) electrons. The molecule has 0 spiro atoms. The summed E-state index contributed by atoms with van der Waals surface area (Å²) < 4.78 is 31.0. The van der Waals surface area contributed by atoms with Gasteiger partial charge in [0.2, 0.25) is 10.0 Å². The number of hydrogen-bond donors (Lipinski definition) is 4. The highest BCUT2D eigenvalue weighted by molar-refractivity contribution is 7.92. The highest BCUT2D eigenvalue weighted by Crippen LogP contribution is 2.27. The Morgan fingerprint density at radius 3 is 2.55 bits per heavy atom. The maximum atomic E-state index is 11.4. The van der Waals surface area contributed by atoms with Gasteiger partial charge in [-0.05, 0) is 47.5 Å². The molecule has 3 rings (SSSR count). The van der Waals surface area contributed by atoms with E-state index in [0.717, 1.165) is 29.1 Å². The summed E-state index contributed by atoms with van der Waals surface area (Å²) in [5, 5.41) is 13.8. The highest BCUT2D eigenvalue weighted by atomic mass is 35.5. The summed E-state index contributed by atoms with van der Waals surface area (Å²) in [6.07, 6.45) is 2.05. The van der Waals surface area contributed by atoms with Gasteiger partial charge in [0.1, 0.15) is 18.2 Å². The molecule has 0 bridgehead atoms. The van der Waals surface area contributed by atoms with E-state index in [2.05, 4.69) is 33.9 Å². The highest BCUT2D eigenvalue weighted by Gasteiger charge is 2.12. The predicted molar refractivity (Wildman–Crippen MR) is 131 cm³/mol. The lowest BCUT2D eigenvalue weighted by molar-refractivity contribution is 0.172. The first-order chi connectivity index (χ1) is 15.6. The minimum absolute atomic E-state index is 0.234. The molecule has 1 heterocycles. The maximum absolute atomic E-state index is 11.4. The van der Waals surface area contributed by atoms with Gasteiger partial charge >= 0.3 is 0 Å². The number of hydrogen-bond acceptors (Lipinski definition) is 6. The molecule has 0 unspecified atom stereocenters. The van der Waals surface area contributed by atoms with E-state index in [1.54, 1.807) is 12.1 Å². The number of nitrogens with one attached hydrogen (secondary N) is 3. The van der Waals surface area contributed by atoms with E-state index in [1.165, 1.54) is 6.07 Å². The Labute approximate surface area is 199 Å². The number of benzene rings is 2. The van der Waals surface area contributed by atoms with Gasteiger partial charge in [0, 0.05) is 19.0 Å². The molecule has 1 aromatic heterocycles. The number of aliphatic hydroxyl groups is 1. The van der Waals surface area contributed by atoms with Crippen molar-refractivity contribution in [1.82, 2.24) is 15.3 Å². The summed E-state index contributed by atoms with van der Waals surface area (Å²) in [6, 6.07) is 12.5. The van der Waals surface area contributed by atoms with Crippen molar-refractivity contribution in [2.75, 3.05) is 30.7 Å². The number of rotatable bonds is 11. The monoisotopic (exact) mass is 492 g/mol. The van der Waals surface area contributed by atoms with Gasteiger partial charge in [0.25, 0.3) is 0 Å². The number of halogens is 1. The molecule has 0 aliphatic heterocycles. The van der Waals surface area contributed by atoms with Crippen molar-refractivity contribution in [2.45, 2.75) is 25.9 Å². The molecule has 178 valence electrons. The van der Waals surface area contributed by atoms with E-state index in [0.29, 0.717) is 24.6 Å². The van der Waals surface area contributed by atoms with Crippen LogP contribution in [0.25, 0.3) is 11.3 Å². The third-order valence-corrected chi connectivity index (χ3v) is 5.78. The second kappa shape index (κ2) is 11.0. The molecular formula is C23H29ClN4O4S. The molecule has 2 aromatic carbocycles. The van der Waals surface area contributed by atoms with Crippen LogP contribution in [-0.4, -0.2) is 49.4 Å². The first-order valence-corrected chi connectivity index (χ1v) is 12.8. The molecule has 1 atom stereocenters. The summed E-state index contributed by atoms with van der Waals surface area (Å²) >= 11 is 6.02. The average molecular weight is 493 g/mol. The fourth-order valence-electron chi connectivity index (χ4n) is 3.13. The Morgan fingerprint density at radius 2 is 1.91 bits per heavy atom. The van der Waals surface area contributed by atoms with Crippen molar-refractivity contribution in [3.63, 3.8) is 0 Å². The van der Waals surface area contributed by atoms with E-state index in [9.17, 15) is 13.5 Å². The summed E-state index contributed by atoms with van der Waals surface area (Å²) in [5.74, 6) is 2.05. The van der Waals surface area contributed by atoms with Gasteiger partial charge in [-0.25, -0.2) is 13.4 Å². The third-order valence-electron chi connectivity index (χ3n) is 4.86. The molecule has 4 N–H and O–H groups in total. The van der Waals surface area contributed by atoms with E-state index in [4.69, 9.17) is 16.3 Å². The van der Waals surface area contributed by atoms with E-state index in [1.807, 2.05) is 30.5 Å². The quantitative estimate of drug-likeness (QED) is 0.301. The van der Waals surface area contributed by atoms with Gasteiger partial charge in [-0.3, -0.25) is 4.72 Å². The van der Waals surface area contributed by atoms with Crippen LogP contribution in [0.15, 0.2) is 48.7 Å². The van der Waals surface area contributed by atoms with Crippen molar-refractivity contribution in [3.05, 3.63) is 65.1 Å². The zero-order valence-corrected chi connectivity index (χ0v) is 20.4. The number of aliphatic hydroxyl groups excluding tert-OH is 1. The molecule has 3 aromatic rings. The number of aromatic nitrogens is 2. The molecule has 0 saturated heterocycles. The standard InChI is InChI=1S/C23H29ClN4O4S/c1-15(2)23-26-13-21(27-23)16-4-7-18(8-5-16)32-11-10-25-14-22(29)17-6-9-19(24)20(12-17)28-33(3,30)31/h4-9,12-13,15,22,25,28-29H,10-11,14H2,1-3H3,(H,26,27)/t22-/m1/s1. The maximum Gasteiger partial charge on any atom is 0.229 e. The molecule has 0 amide bonds. The molecule has 10 heteroatoms. The number of sulfonamides is 1. The Morgan fingerprint density at radius 1 is 1.18 bits per heavy atom. The predicted octanol–water partition coefficient (Wildman–Crippen LogP) is 3.93. The van der Waals surface area contributed by atoms with Crippen molar-refractivity contribution in [2.24, 2.45) is 0 Å². The van der Waals surface area contributed by atoms with Crippen molar-refractivity contribution in [3.8, 4) is 17.0 Å². The third kappa shape index (κ3) is 7.46. The van der Waals surface area contributed by atoms with Crippen LogP contribution in [0.4, 0.5) is 5.69 Å². The van der Waals surface area contributed by atoms with Crippen LogP contribution >= 0.6 is 11.6 Å². The lowest BCUT2D eigenvalue weighted by Gasteiger charge is -2.15. The van der Waals surface area contributed by atoms with Crippen molar-refractivity contribution in [1.29, 1.82) is 0 Å². The second-order valence-electron chi connectivity index (χ2n) is 8.04. The van der Waals surface area contributed by atoms with Gasteiger partial charge in [0.15, 0.2) is 0 Å². The summed E-state index contributed by atoms with van der Waals surface area (Å²) in [4.78, 5) is 7.72. The zero-order valence-electron chi connectivity index (χ0n) is 18.8. The summed E-state index contributed by atoms with van der Waals surface area (Å²) in [6.45, 7) is 5.42. The SMILES string of the molecule is CC(C)c1ncc(-c2ccc(OCCNC[C@@H](O)c3ccc(Cl)c(NS(C)(=O)=O)c3)cc2)[nH]1. The van der Waals surface area contributed by atoms with E-state index < -0.39 is 16.1 Å². The first kappa shape index (κ1) is 25.0. The smallest absolute Gasteiger partial charge is 0.229 e. The van der Waals surface area contributed by atoms with E-state index in [-0.39, 0.29) is 17.3 Å². The number of nitrogens with zero attached hydrogens (tertiary/aromatic N) is 1. The Bertz CT molecular complexity index is 1160. The molecule has 0 fully saturated rings. The van der Waals surface area contributed by atoms with Crippen LogP contribution in [0, 0.1) is 0 Å². The van der Waals surface area contributed by atoms with Crippen molar-refractivity contribution < 1.29 is 18.3 Å². The number of aromatic amines is 1. The average Bonchev–Trinajstić information content (AvgIpc) is 3.25. The van der Waals surface area contributed by atoms with Gasteiger partial charge in [0.05, 0.1) is 35.0 Å². The molecule has 0 saturated carbocycles. The second-order valence-corrected chi connectivity index (χ2v) is 10.2. The molecule has 0 aliphatic rings. The largest absolute Gasteiger partial charge is 0.492 e. The fourth-order valence-corrected chi connectivity index (χ4v) is 3.92. The number of ether oxygens (including phenoxy) is 1. The lowest BCUT2D eigenvalue weighted by atomic mass is 10.1. The summed E-state index contributed by atoms with van der Waals surface area (Å²) in [7, 11) is -3.47. The van der Waals surface area contributed by atoms with Crippen LogP contribution in [-0.2, 0) is 10.0 Å². The van der Waals surface area contributed by atoms with E-state index >= 15 is 0 Å². The van der Waals surface area contributed by atoms with Crippen LogP contribution in [0.3, 0.4) is 0 Å². The Balaban J connectivity index is 1.44. The molecule has 8 nitrogen and oxygen atoms in total. The minimum Gasteiger partial charge on any atom is -0.492 e. The molecular weight excluding hydrogens is 464 g/mol. The van der Waals surface area contributed by atoms with Gasteiger partial charge < -0.3 is 20.1 Å². The molecule has 33 heavy (non-hydrogen) atoms. The van der Waals surface area contributed by atoms with Crippen LogP contribution in [0.5, 0.6) is 5.75 Å². The molecule has 0 aliphatic carbocycles. The fraction of sp³-hybridized carbons (Fsp3) is 0.348. The van der Waals surface area contributed by atoms with Crippen LogP contribution in [0.2, 0.25) is 5.02 Å². The topological polar surface area (TPSA) is 116 Å². The zero-order chi connectivity index (χ0) is 24.0. The lowest BCUT2D eigenvalue weighted by Crippen LogP contribution is -2.26. The Kier molecular flexibility index (Phi) is 8.36.